The number of rotatable bonds is 4. The molecule has 0 aliphatic heterocycles. The Morgan fingerprint density at radius 3 is 2.74 bits per heavy atom. The first kappa shape index (κ1) is 12.6. The van der Waals surface area contributed by atoms with Crippen LogP contribution < -0.4 is 4.74 Å². The van der Waals surface area contributed by atoms with Crippen molar-refractivity contribution in [1.82, 2.24) is 4.98 Å². The number of nitro groups is 1. The number of H-pyrrole nitrogens is 1. The number of hydrogen-bond acceptors (Lipinski definition) is 5. The van der Waals surface area contributed by atoms with Crippen LogP contribution in [0, 0.1) is 10.1 Å². The minimum atomic E-state index is -0.727. The van der Waals surface area contributed by atoms with Crippen LogP contribution >= 0.6 is 0 Å². The topological polar surface area (TPSA) is 105 Å². The van der Waals surface area contributed by atoms with Crippen LogP contribution in [0.5, 0.6) is 11.5 Å². The first-order valence-electron chi connectivity index (χ1n) is 5.28. The molecule has 7 heteroatoms. The first-order valence-corrected chi connectivity index (χ1v) is 5.28. The molecular weight excluding hydrogens is 252 g/mol. The van der Waals surface area contributed by atoms with Crippen molar-refractivity contribution in [2.24, 2.45) is 0 Å². The predicted octanol–water partition coefficient (Wildman–Crippen LogP) is 1.87. The number of phenols is 1. The number of aromatic hydroxyl groups is 1. The lowest BCUT2D eigenvalue weighted by Crippen LogP contribution is -2.06. The van der Waals surface area contributed by atoms with Crippen molar-refractivity contribution in [2.75, 3.05) is 7.11 Å². The summed E-state index contributed by atoms with van der Waals surface area (Å²) in [6.45, 7) is 0. The lowest BCUT2D eigenvalue weighted by Gasteiger charge is -2.06. The molecule has 1 aromatic carbocycles. The molecule has 0 spiro atoms. The summed E-state index contributed by atoms with van der Waals surface area (Å²) >= 11 is 0. The molecule has 19 heavy (non-hydrogen) atoms. The smallest absolute Gasteiger partial charge is 0.284 e. The minimum Gasteiger partial charge on any atom is -0.504 e. The highest BCUT2D eigenvalue weighted by Crippen LogP contribution is 2.34. The number of aromatic amines is 1. The average molecular weight is 262 g/mol. The van der Waals surface area contributed by atoms with Gasteiger partial charge in [-0.15, -0.1) is 0 Å². The summed E-state index contributed by atoms with van der Waals surface area (Å²) in [6, 6.07) is 5.16. The fraction of sp³-hybridized carbons (Fsp3) is 0.0833. The molecule has 0 amide bonds. The Hall–Kier alpha value is -2.83. The van der Waals surface area contributed by atoms with Crippen molar-refractivity contribution in [2.45, 2.75) is 0 Å². The molecule has 2 N–H and O–H groups in total. The monoisotopic (exact) mass is 262 g/mol. The zero-order valence-electron chi connectivity index (χ0n) is 9.91. The molecule has 0 saturated carbocycles. The van der Waals surface area contributed by atoms with E-state index in [0.717, 1.165) is 12.1 Å². The van der Waals surface area contributed by atoms with E-state index < -0.39 is 22.1 Å². The molecule has 0 aliphatic carbocycles. The van der Waals surface area contributed by atoms with E-state index in [4.69, 9.17) is 4.74 Å². The van der Waals surface area contributed by atoms with Gasteiger partial charge in [0.05, 0.1) is 23.8 Å². The summed E-state index contributed by atoms with van der Waals surface area (Å²) in [7, 11) is 1.30. The average Bonchev–Trinajstić information content (AvgIpc) is 2.91. The number of phenolic OH excluding ortho intramolecular Hbond substituents is 1. The van der Waals surface area contributed by atoms with Gasteiger partial charge in [0.2, 0.25) is 5.78 Å². The van der Waals surface area contributed by atoms with Gasteiger partial charge in [-0.3, -0.25) is 14.9 Å². The SMILES string of the molecule is COc1cc(C(=O)c2ccc[nH]2)c([N+](=O)[O-])cc1O. The van der Waals surface area contributed by atoms with E-state index in [2.05, 4.69) is 4.98 Å². The van der Waals surface area contributed by atoms with Gasteiger partial charge < -0.3 is 14.8 Å². The third kappa shape index (κ3) is 2.25. The van der Waals surface area contributed by atoms with Gasteiger partial charge in [-0.1, -0.05) is 0 Å². The van der Waals surface area contributed by atoms with Crippen molar-refractivity contribution in [3.8, 4) is 11.5 Å². The summed E-state index contributed by atoms with van der Waals surface area (Å²) < 4.78 is 4.85. The number of nitro benzene ring substituents is 1. The van der Waals surface area contributed by atoms with E-state index in [1.54, 1.807) is 6.07 Å². The quantitative estimate of drug-likeness (QED) is 0.497. The summed E-state index contributed by atoms with van der Waals surface area (Å²) in [5.41, 5.74) is -0.407. The van der Waals surface area contributed by atoms with Gasteiger partial charge in [-0.2, -0.15) is 0 Å². The minimum absolute atomic E-state index is 0.000469. The van der Waals surface area contributed by atoms with Crippen molar-refractivity contribution < 1.29 is 19.6 Å². The summed E-state index contributed by atoms with van der Waals surface area (Å²) in [4.78, 5) is 25.0. The molecule has 0 atom stereocenters. The number of ether oxygens (including phenoxy) is 1. The lowest BCUT2D eigenvalue weighted by atomic mass is 10.1. The van der Waals surface area contributed by atoms with E-state index >= 15 is 0 Å². The largest absolute Gasteiger partial charge is 0.504 e. The van der Waals surface area contributed by atoms with Gasteiger partial charge in [0.15, 0.2) is 11.5 Å². The Morgan fingerprint density at radius 1 is 1.47 bits per heavy atom. The number of methoxy groups -OCH3 is 1. The second-order valence-electron chi connectivity index (χ2n) is 3.71. The predicted molar refractivity (Wildman–Crippen MR) is 65.5 cm³/mol. The van der Waals surface area contributed by atoms with E-state index in [-0.39, 0.29) is 17.0 Å². The molecular formula is C12H10N2O5. The molecule has 2 rings (SSSR count). The highest BCUT2D eigenvalue weighted by molar-refractivity contribution is 6.10. The Labute approximate surface area is 107 Å². The summed E-state index contributed by atoms with van der Waals surface area (Å²) in [5, 5.41) is 20.5. The van der Waals surface area contributed by atoms with Crippen molar-refractivity contribution in [1.29, 1.82) is 0 Å². The van der Waals surface area contributed by atoms with Gasteiger partial charge in [0.25, 0.3) is 5.69 Å². The Kier molecular flexibility index (Phi) is 3.19. The first-order chi connectivity index (χ1) is 9.04. The number of aromatic nitrogens is 1. The van der Waals surface area contributed by atoms with Crippen LogP contribution in [0.2, 0.25) is 0 Å². The van der Waals surface area contributed by atoms with Crippen LogP contribution in [0.3, 0.4) is 0 Å². The molecule has 0 bridgehead atoms. The second-order valence-corrected chi connectivity index (χ2v) is 3.71. The van der Waals surface area contributed by atoms with Gasteiger partial charge in [-0.05, 0) is 12.1 Å². The van der Waals surface area contributed by atoms with Crippen LogP contribution in [0.15, 0.2) is 30.5 Å². The molecule has 0 unspecified atom stereocenters. The fourth-order valence-electron chi connectivity index (χ4n) is 1.67. The number of benzene rings is 1. The molecule has 0 saturated heterocycles. The number of ketones is 1. The molecule has 0 fully saturated rings. The standard InChI is InChI=1S/C12H10N2O5/c1-19-11-5-7(9(14(17)18)6-10(11)15)12(16)8-3-2-4-13-8/h2-6,13,15H,1H3. The van der Waals surface area contributed by atoms with Crippen LogP contribution in [-0.4, -0.2) is 27.9 Å². The normalized spacial score (nSPS) is 10.2. The van der Waals surface area contributed by atoms with Crippen LogP contribution in [0.1, 0.15) is 16.1 Å². The zero-order chi connectivity index (χ0) is 14.0. The maximum absolute atomic E-state index is 12.1. The van der Waals surface area contributed by atoms with E-state index in [1.165, 1.54) is 19.4 Å². The Bertz CT molecular complexity index is 634. The number of nitrogens with zero attached hydrogens (tertiary/aromatic N) is 1. The number of nitrogens with one attached hydrogen (secondary N) is 1. The molecule has 98 valence electrons. The van der Waals surface area contributed by atoms with Crippen LogP contribution in [0.25, 0.3) is 0 Å². The third-order valence-corrected chi connectivity index (χ3v) is 2.58. The molecule has 1 heterocycles. The highest BCUT2D eigenvalue weighted by atomic mass is 16.6. The maximum Gasteiger partial charge on any atom is 0.284 e. The van der Waals surface area contributed by atoms with Crippen molar-refractivity contribution >= 4 is 11.5 Å². The van der Waals surface area contributed by atoms with E-state index in [9.17, 15) is 20.0 Å². The summed E-state index contributed by atoms with van der Waals surface area (Å²) in [5.74, 6) is -0.937. The van der Waals surface area contributed by atoms with Gasteiger partial charge in [0.1, 0.15) is 5.56 Å². The Morgan fingerprint density at radius 2 is 2.21 bits per heavy atom. The van der Waals surface area contributed by atoms with Crippen molar-refractivity contribution in [3.05, 3.63) is 51.8 Å². The molecule has 0 aliphatic rings. The van der Waals surface area contributed by atoms with E-state index in [1.807, 2.05) is 0 Å². The lowest BCUT2D eigenvalue weighted by molar-refractivity contribution is -0.385. The molecule has 0 radical (unpaired) electrons. The fourth-order valence-corrected chi connectivity index (χ4v) is 1.67. The molecule has 7 nitrogen and oxygen atoms in total. The van der Waals surface area contributed by atoms with Gasteiger partial charge in [-0.25, -0.2) is 0 Å². The second kappa shape index (κ2) is 4.81. The van der Waals surface area contributed by atoms with E-state index in [0.29, 0.717) is 0 Å². The third-order valence-electron chi connectivity index (χ3n) is 2.58. The summed E-state index contributed by atoms with van der Waals surface area (Å²) in [6.07, 6.45) is 1.54. The molecule has 2 aromatic rings. The Balaban J connectivity index is 2.60. The van der Waals surface area contributed by atoms with Gasteiger partial charge >= 0.3 is 0 Å². The zero-order valence-corrected chi connectivity index (χ0v) is 9.91. The number of carbonyl (C=O) groups is 1. The van der Waals surface area contributed by atoms with Gasteiger partial charge in [0, 0.05) is 12.3 Å². The number of carbonyl (C=O) groups excluding carboxylic acids is 1. The highest BCUT2D eigenvalue weighted by Gasteiger charge is 2.25. The van der Waals surface area contributed by atoms with Crippen molar-refractivity contribution in [3.63, 3.8) is 0 Å². The molecule has 1 aromatic heterocycles. The van der Waals surface area contributed by atoms with Crippen LogP contribution in [0.4, 0.5) is 5.69 Å². The maximum atomic E-state index is 12.1. The van der Waals surface area contributed by atoms with Crippen LogP contribution in [-0.2, 0) is 0 Å². The number of hydrogen-bond donors (Lipinski definition) is 2.